The van der Waals surface area contributed by atoms with Crippen LogP contribution in [0.5, 0.6) is 0 Å². The zero-order chi connectivity index (χ0) is 10.6. The van der Waals surface area contributed by atoms with Crippen molar-refractivity contribution in [1.29, 1.82) is 0 Å². The lowest BCUT2D eigenvalue weighted by molar-refractivity contribution is 0.0525. The Labute approximate surface area is 88.8 Å². The first kappa shape index (κ1) is 11.1. The van der Waals surface area contributed by atoms with Crippen molar-refractivity contribution in [2.75, 3.05) is 6.61 Å². The second-order valence-electron chi connectivity index (χ2n) is 2.88. The third kappa shape index (κ3) is 2.48. The molecule has 0 saturated heterocycles. The van der Waals surface area contributed by atoms with Crippen molar-refractivity contribution in [2.45, 2.75) is 20.3 Å². The molecule has 0 fully saturated rings. The lowest BCUT2D eigenvalue weighted by atomic mass is 10.1. The SMILES string of the molecule is CCOC(=O)c1ccc(Cl)cc1CC. The highest BCUT2D eigenvalue weighted by Gasteiger charge is 2.10. The first-order chi connectivity index (χ1) is 6.69. The van der Waals surface area contributed by atoms with Gasteiger partial charge < -0.3 is 4.74 Å². The maximum atomic E-state index is 11.5. The minimum absolute atomic E-state index is 0.277. The predicted molar refractivity (Wildman–Crippen MR) is 56.8 cm³/mol. The minimum atomic E-state index is -0.277. The van der Waals surface area contributed by atoms with Gasteiger partial charge in [0.2, 0.25) is 0 Å². The molecular formula is C11H13ClO2. The normalized spacial score (nSPS) is 9.93. The lowest BCUT2D eigenvalue weighted by Gasteiger charge is -2.07. The van der Waals surface area contributed by atoms with Gasteiger partial charge in [-0.25, -0.2) is 4.79 Å². The summed E-state index contributed by atoms with van der Waals surface area (Å²) in [5.41, 5.74) is 1.54. The fourth-order valence-corrected chi connectivity index (χ4v) is 1.46. The van der Waals surface area contributed by atoms with E-state index in [1.807, 2.05) is 6.92 Å². The molecule has 0 aliphatic heterocycles. The van der Waals surface area contributed by atoms with Crippen molar-refractivity contribution in [3.05, 3.63) is 34.3 Å². The van der Waals surface area contributed by atoms with E-state index in [1.165, 1.54) is 0 Å². The van der Waals surface area contributed by atoms with Gasteiger partial charge in [-0.15, -0.1) is 0 Å². The molecule has 0 amide bonds. The van der Waals surface area contributed by atoms with E-state index in [4.69, 9.17) is 16.3 Å². The third-order valence-corrected chi connectivity index (χ3v) is 2.18. The van der Waals surface area contributed by atoms with Crippen LogP contribution in [-0.2, 0) is 11.2 Å². The molecule has 0 radical (unpaired) electrons. The zero-order valence-corrected chi connectivity index (χ0v) is 9.10. The molecule has 76 valence electrons. The lowest BCUT2D eigenvalue weighted by Crippen LogP contribution is -2.07. The zero-order valence-electron chi connectivity index (χ0n) is 8.34. The van der Waals surface area contributed by atoms with Gasteiger partial charge in [0.1, 0.15) is 0 Å². The molecule has 0 N–H and O–H groups in total. The topological polar surface area (TPSA) is 26.3 Å². The molecule has 1 aromatic carbocycles. The summed E-state index contributed by atoms with van der Waals surface area (Å²) >= 11 is 5.83. The van der Waals surface area contributed by atoms with Crippen LogP contribution in [0.4, 0.5) is 0 Å². The van der Waals surface area contributed by atoms with Gasteiger partial charge in [-0.05, 0) is 37.1 Å². The summed E-state index contributed by atoms with van der Waals surface area (Å²) in [5.74, 6) is -0.277. The number of hydrogen-bond donors (Lipinski definition) is 0. The number of ether oxygens (including phenoxy) is 1. The molecule has 0 aliphatic rings. The molecule has 14 heavy (non-hydrogen) atoms. The van der Waals surface area contributed by atoms with Crippen molar-refractivity contribution in [3.63, 3.8) is 0 Å². The smallest absolute Gasteiger partial charge is 0.338 e. The quantitative estimate of drug-likeness (QED) is 0.720. The number of aryl methyl sites for hydroxylation is 1. The molecule has 3 heteroatoms. The molecule has 0 aromatic heterocycles. The van der Waals surface area contributed by atoms with Crippen molar-refractivity contribution in [1.82, 2.24) is 0 Å². The summed E-state index contributed by atoms with van der Waals surface area (Å²) in [4.78, 5) is 11.5. The van der Waals surface area contributed by atoms with Crippen LogP contribution in [0.2, 0.25) is 5.02 Å². The Morgan fingerprint density at radius 1 is 1.43 bits per heavy atom. The number of halogens is 1. The summed E-state index contributed by atoms with van der Waals surface area (Å²) in [6, 6.07) is 5.21. The Morgan fingerprint density at radius 2 is 2.14 bits per heavy atom. The fraction of sp³-hybridized carbons (Fsp3) is 0.364. The Hall–Kier alpha value is -1.02. The van der Waals surface area contributed by atoms with Crippen molar-refractivity contribution in [2.24, 2.45) is 0 Å². The Balaban J connectivity index is 3.01. The molecule has 0 unspecified atom stereocenters. The van der Waals surface area contributed by atoms with Crippen LogP contribution in [0.3, 0.4) is 0 Å². The van der Waals surface area contributed by atoms with E-state index < -0.39 is 0 Å². The maximum absolute atomic E-state index is 11.5. The summed E-state index contributed by atoms with van der Waals surface area (Å²) in [7, 11) is 0. The Morgan fingerprint density at radius 3 is 2.71 bits per heavy atom. The summed E-state index contributed by atoms with van der Waals surface area (Å²) < 4.78 is 4.93. The molecule has 0 saturated carbocycles. The highest BCUT2D eigenvalue weighted by Crippen LogP contribution is 2.17. The Bertz CT molecular complexity index is 334. The van der Waals surface area contributed by atoms with Crippen LogP contribution in [0.1, 0.15) is 29.8 Å². The van der Waals surface area contributed by atoms with Crippen molar-refractivity contribution < 1.29 is 9.53 Å². The fourth-order valence-electron chi connectivity index (χ4n) is 1.26. The number of rotatable bonds is 3. The number of carbonyl (C=O) groups is 1. The standard InChI is InChI=1S/C11H13ClO2/c1-3-8-7-9(12)5-6-10(8)11(13)14-4-2/h5-7H,3-4H2,1-2H3. The predicted octanol–water partition coefficient (Wildman–Crippen LogP) is 3.08. The van der Waals surface area contributed by atoms with Gasteiger partial charge in [-0.3, -0.25) is 0 Å². The first-order valence-corrected chi connectivity index (χ1v) is 5.02. The maximum Gasteiger partial charge on any atom is 0.338 e. The Kier molecular flexibility index (Phi) is 3.96. The first-order valence-electron chi connectivity index (χ1n) is 4.64. The third-order valence-electron chi connectivity index (χ3n) is 1.94. The molecule has 0 heterocycles. The van der Waals surface area contributed by atoms with Gasteiger partial charge in [0.15, 0.2) is 0 Å². The van der Waals surface area contributed by atoms with Gasteiger partial charge in [-0.1, -0.05) is 18.5 Å². The van der Waals surface area contributed by atoms with E-state index in [0.29, 0.717) is 17.2 Å². The second-order valence-corrected chi connectivity index (χ2v) is 3.31. The summed E-state index contributed by atoms with van der Waals surface area (Å²) in [6.45, 7) is 4.17. The van der Waals surface area contributed by atoms with Crippen molar-refractivity contribution in [3.8, 4) is 0 Å². The largest absolute Gasteiger partial charge is 0.462 e. The van der Waals surface area contributed by atoms with Crippen LogP contribution >= 0.6 is 11.6 Å². The average Bonchev–Trinajstić information content (AvgIpc) is 2.17. The van der Waals surface area contributed by atoms with Gasteiger partial charge >= 0.3 is 5.97 Å². The van der Waals surface area contributed by atoms with Crippen molar-refractivity contribution >= 4 is 17.6 Å². The van der Waals surface area contributed by atoms with Crippen LogP contribution < -0.4 is 0 Å². The molecule has 2 nitrogen and oxygen atoms in total. The molecule has 0 bridgehead atoms. The van der Waals surface area contributed by atoms with Crippen LogP contribution in [0, 0.1) is 0 Å². The highest BCUT2D eigenvalue weighted by molar-refractivity contribution is 6.30. The van der Waals surface area contributed by atoms with E-state index in [0.717, 1.165) is 12.0 Å². The molecular weight excluding hydrogens is 200 g/mol. The average molecular weight is 213 g/mol. The number of esters is 1. The molecule has 0 aliphatic carbocycles. The van der Waals surface area contributed by atoms with Gasteiger partial charge in [0, 0.05) is 5.02 Å². The summed E-state index contributed by atoms with van der Waals surface area (Å²) in [6.07, 6.45) is 0.773. The number of benzene rings is 1. The number of carbonyl (C=O) groups excluding carboxylic acids is 1. The molecule has 1 rings (SSSR count). The van der Waals surface area contributed by atoms with Crippen LogP contribution in [0.15, 0.2) is 18.2 Å². The number of hydrogen-bond acceptors (Lipinski definition) is 2. The van der Waals surface area contributed by atoms with Gasteiger partial charge in [-0.2, -0.15) is 0 Å². The molecule has 0 atom stereocenters. The van der Waals surface area contributed by atoms with Gasteiger partial charge in [0.05, 0.1) is 12.2 Å². The van der Waals surface area contributed by atoms with E-state index in [-0.39, 0.29) is 5.97 Å². The van der Waals surface area contributed by atoms with Gasteiger partial charge in [0.25, 0.3) is 0 Å². The van der Waals surface area contributed by atoms with E-state index in [9.17, 15) is 4.79 Å². The molecule has 1 aromatic rings. The minimum Gasteiger partial charge on any atom is -0.462 e. The summed E-state index contributed by atoms with van der Waals surface area (Å²) in [5, 5.41) is 0.648. The second kappa shape index (κ2) is 5.01. The van der Waals surface area contributed by atoms with Crippen LogP contribution in [-0.4, -0.2) is 12.6 Å². The van der Waals surface area contributed by atoms with E-state index >= 15 is 0 Å². The highest BCUT2D eigenvalue weighted by atomic mass is 35.5. The molecule has 0 spiro atoms. The van der Waals surface area contributed by atoms with Crippen LogP contribution in [0.25, 0.3) is 0 Å². The van der Waals surface area contributed by atoms with E-state index in [2.05, 4.69) is 0 Å². The van der Waals surface area contributed by atoms with E-state index in [1.54, 1.807) is 25.1 Å². The monoisotopic (exact) mass is 212 g/mol.